The van der Waals surface area contributed by atoms with Crippen LogP contribution in [-0.4, -0.2) is 125 Å². The first-order valence-corrected chi connectivity index (χ1v) is 16.5. The zero-order chi connectivity index (χ0) is 35.7. The highest BCUT2D eigenvalue weighted by atomic mass is 19.4. The average molecular weight is 696 g/mol. The van der Waals surface area contributed by atoms with Gasteiger partial charge in [0.15, 0.2) is 0 Å². The van der Waals surface area contributed by atoms with Gasteiger partial charge in [0.2, 0.25) is 11.8 Å². The summed E-state index contributed by atoms with van der Waals surface area (Å²) >= 11 is 0. The van der Waals surface area contributed by atoms with Crippen molar-refractivity contribution in [2.45, 2.75) is 83.6 Å². The Labute approximate surface area is 283 Å². The lowest BCUT2D eigenvalue weighted by Crippen LogP contribution is -2.65. The van der Waals surface area contributed by atoms with Crippen molar-refractivity contribution in [3.63, 3.8) is 0 Å². The number of pyridine rings is 1. The van der Waals surface area contributed by atoms with Crippen LogP contribution in [0.3, 0.4) is 0 Å². The SMILES string of the molecule is C[C@@H]1CN(CC(=O)N2c3cc(Cc4ccc(F)cc4)c(CO)nc3OC[C@@H]2C)[C@@H](CN2CCOCC2C(F)(F)F)CN1C(=O)OC(C)(C)C. The quantitative estimate of drug-likeness (QED) is 0.431. The summed E-state index contributed by atoms with van der Waals surface area (Å²) in [5, 5.41) is 10.1. The Morgan fingerprint density at radius 1 is 1.04 bits per heavy atom. The Bertz CT molecular complexity index is 1490. The number of alkyl halides is 3. The van der Waals surface area contributed by atoms with Gasteiger partial charge in [-0.05, 0) is 70.4 Å². The van der Waals surface area contributed by atoms with Crippen LogP contribution in [0.4, 0.5) is 28.0 Å². The molecule has 3 aliphatic rings. The van der Waals surface area contributed by atoms with Crippen LogP contribution in [0.5, 0.6) is 5.88 Å². The number of aliphatic hydroxyl groups excluding tert-OH is 1. The Hall–Kier alpha value is -3.53. The van der Waals surface area contributed by atoms with Crippen LogP contribution in [-0.2, 0) is 27.3 Å². The molecule has 2 aromatic rings. The van der Waals surface area contributed by atoms with Gasteiger partial charge in [-0.25, -0.2) is 14.2 Å². The standard InChI is InChI=1S/C34H45F4N5O6/c1-21-14-41(26(16-42(21)32(46)49-33(3,4)5)15-40-10-11-47-20-29(40)34(36,37)38)17-30(45)43-22(2)19-48-31-28(43)13-24(27(18-44)39-31)12-23-6-8-25(35)9-7-23/h6-9,13,21-22,26,29,44H,10-12,14-20H2,1-5H3/t21-,22+,26+,29?/m1/s1. The summed E-state index contributed by atoms with van der Waals surface area (Å²) in [6, 6.07) is 4.44. The third-order valence-electron chi connectivity index (χ3n) is 9.01. The fraction of sp³-hybridized carbons (Fsp3) is 0.618. The lowest BCUT2D eigenvalue weighted by atomic mass is 10.0. The van der Waals surface area contributed by atoms with Crippen LogP contribution >= 0.6 is 0 Å². The Morgan fingerprint density at radius 3 is 2.41 bits per heavy atom. The number of ether oxygens (including phenoxy) is 3. The number of aromatic nitrogens is 1. The second-order valence-corrected chi connectivity index (χ2v) is 14.0. The average Bonchev–Trinajstić information content (AvgIpc) is 3.01. The summed E-state index contributed by atoms with van der Waals surface area (Å²) in [6.07, 6.45) is -4.77. The monoisotopic (exact) mass is 695 g/mol. The smallest absolute Gasteiger partial charge is 0.410 e. The highest BCUT2D eigenvalue weighted by molar-refractivity contribution is 5.97. The summed E-state index contributed by atoms with van der Waals surface area (Å²) in [5.41, 5.74) is 1.40. The van der Waals surface area contributed by atoms with Crippen LogP contribution in [0.2, 0.25) is 0 Å². The first kappa shape index (κ1) is 36.7. The van der Waals surface area contributed by atoms with Gasteiger partial charge in [0.25, 0.3) is 0 Å². The van der Waals surface area contributed by atoms with Crippen molar-refractivity contribution in [2.24, 2.45) is 0 Å². The molecular formula is C34H45F4N5O6. The number of rotatable bonds is 7. The lowest BCUT2D eigenvalue weighted by Gasteiger charge is -2.48. The third kappa shape index (κ3) is 8.80. The van der Waals surface area contributed by atoms with Gasteiger partial charge in [-0.3, -0.25) is 14.6 Å². The molecule has 2 fully saturated rings. The van der Waals surface area contributed by atoms with Crippen LogP contribution < -0.4 is 9.64 Å². The van der Waals surface area contributed by atoms with E-state index < -0.39 is 48.6 Å². The maximum Gasteiger partial charge on any atom is 0.410 e. The van der Waals surface area contributed by atoms with Crippen molar-refractivity contribution >= 4 is 17.7 Å². The summed E-state index contributed by atoms with van der Waals surface area (Å²) in [7, 11) is 0. The molecule has 4 atom stereocenters. The number of anilines is 1. The molecule has 15 heteroatoms. The van der Waals surface area contributed by atoms with Gasteiger partial charge in [0.1, 0.15) is 29.8 Å². The molecule has 5 rings (SSSR count). The van der Waals surface area contributed by atoms with Gasteiger partial charge < -0.3 is 29.1 Å². The number of hydrogen-bond donors (Lipinski definition) is 1. The van der Waals surface area contributed by atoms with Gasteiger partial charge in [-0.15, -0.1) is 0 Å². The maximum atomic E-state index is 14.3. The van der Waals surface area contributed by atoms with E-state index in [9.17, 15) is 32.3 Å². The first-order chi connectivity index (χ1) is 23.0. The minimum atomic E-state index is -4.52. The number of piperazine rings is 1. The van der Waals surface area contributed by atoms with Crippen molar-refractivity contribution in [1.29, 1.82) is 0 Å². The lowest BCUT2D eigenvalue weighted by molar-refractivity contribution is -0.214. The minimum Gasteiger partial charge on any atom is -0.474 e. The van der Waals surface area contributed by atoms with Crippen molar-refractivity contribution < 1.29 is 46.5 Å². The molecule has 1 aromatic heterocycles. The number of aliphatic hydroxyl groups is 1. The minimum absolute atomic E-state index is 0.0496. The van der Waals surface area contributed by atoms with E-state index in [1.165, 1.54) is 21.9 Å². The zero-order valence-corrected chi connectivity index (χ0v) is 28.5. The number of morpholine rings is 1. The number of amides is 2. The van der Waals surface area contributed by atoms with Gasteiger partial charge in [-0.2, -0.15) is 13.2 Å². The van der Waals surface area contributed by atoms with Crippen LogP contribution in [0.1, 0.15) is 51.4 Å². The first-order valence-electron chi connectivity index (χ1n) is 16.5. The van der Waals surface area contributed by atoms with E-state index in [0.717, 1.165) is 5.56 Å². The second-order valence-electron chi connectivity index (χ2n) is 14.0. The number of fused-ring (bicyclic) bond motifs is 1. The largest absolute Gasteiger partial charge is 0.474 e. The fourth-order valence-corrected chi connectivity index (χ4v) is 6.57. The number of hydrogen-bond acceptors (Lipinski definition) is 9. The second kappa shape index (κ2) is 14.8. The molecular weight excluding hydrogens is 650 g/mol. The van der Waals surface area contributed by atoms with Crippen LogP contribution in [0.15, 0.2) is 30.3 Å². The topological polar surface area (TPSA) is 108 Å². The molecule has 0 aliphatic carbocycles. The van der Waals surface area contributed by atoms with E-state index in [-0.39, 0.29) is 70.1 Å². The van der Waals surface area contributed by atoms with E-state index in [4.69, 9.17) is 14.2 Å². The Morgan fingerprint density at radius 2 is 1.76 bits per heavy atom. The molecule has 270 valence electrons. The molecule has 49 heavy (non-hydrogen) atoms. The fourth-order valence-electron chi connectivity index (χ4n) is 6.57. The number of nitrogens with zero attached hydrogens (tertiary/aromatic N) is 5. The van der Waals surface area contributed by atoms with Crippen LogP contribution in [0, 0.1) is 5.82 Å². The normalized spacial score (nSPS) is 24.0. The molecule has 11 nitrogen and oxygen atoms in total. The Kier molecular flexibility index (Phi) is 11.1. The zero-order valence-electron chi connectivity index (χ0n) is 28.5. The maximum absolute atomic E-state index is 14.3. The molecule has 2 saturated heterocycles. The van der Waals surface area contributed by atoms with Gasteiger partial charge in [0, 0.05) is 38.3 Å². The predicted molar refractivity (Wildman–Crippen MR) is 172 cm³/mol. The van der Waals surface area contributed by atoms with Crippen molar-refractivity contribution in [1.82, 2.24) is 19.7 Å². The summed E-state index contributed by atoms with van der Waals surface area (Å²) < 4.78 is 72.4. The molecule has 1 N–H and O–H groups in total. The van der Waals surface area contributed by atoms with Crippen molar-refractivity contribution in [2.75, 3.05) is 57.4 Å². The van der Waals surface area contributed by atoms with Crippen molar-refractivity contribution in [3.8, 4) is 5.88 Å². The summed E-state index contributed by atoms with van der Waals surface area (Å²) in [5.74, 6) is -0.518. The molecule has 0 spiro atoms. The van der Waals surface area contributed by atoms with E-state index in [0.29, 0.717) is 23.4 Å². The van der Waals surface area contributed by atoms with Gasteiger partial charge in [0.05, 0.1) is 38.1 Å². The third-order valence-corrected chi connectivity index (χ3v) is 9.01. The number of benzene rings is 1. The highest BCUT2D eigenvalue weighted by Crippen LogP contribution is 2.36. The van der Waals surface area contributed by atoms with Gasteiger partial charge in [-0.1, -0.05) is 12.1 Å². The molecule has 1 aromatic carbocycles. The highest BCUT2D eigenvalue weighted by Gasteiger charge is 2.47. The molecule has 3 aliphatic heterocycles. The molecule has 2 amide bonds. The van der Waals surface area contributed by atoms with Crippen LogP contribution in [0.25, 0.3) is 0 Å². The summed E-state index contributed by atoms with van der Waals surface area (Å²) in [4.78, 5) is 38.3. The number of halogens is 4. The van der Waals surface area contributed by atoms with E-state index >= 15 is 0 Å². The molecule has 0 saturated carbocycles. The number of carbonyl (C=O) groups is 2. The molecule has 4 heterocycles. The van der Waals surface area contributed by atoms with E-state index in [1.807, 2.05) is 18.7 Å². The van der Waals surface area contributed by atoms with E-state index in [1.54, 1.807) is 43.9 Å². The molecule has 0 radical (unpaired) electrons. The predicted octanol–water partition coefficient (Wildman–Crippen LogP) is 3.99. The van der Waals surface area contributed by atoms with E-state index in [2.05, 4.69) is 4.98 Å². The number of carbonyl (C=O) groups excluding carboxylic acids is 2. The van der Waals surface area contributed by atoms with Crippen molar-refractivity contribution in [3.05, 3.63) is 53.0 Å². The molecule has 0 bridgehead atoms. The molecule has 1 unspecified atom stereocenters. The Balaban J connectivity index is 1.43. The summed E-state index contributed by atoms with van der Waals surface area (Å²) in [6.45, 7) is 8.42. The van der Waals surface area contributed by atoms with Gasteiger partial charge >= 0.3 is 12.3 Å².